The van der Waals surface area contributed by atoms with E-state index in [0.29, 0.717) is 22.3 Å². The molecule has 6 nitrogen and oxygen atoms in total. The van der Waals surface area contributed by atoms with Crippen molar-refractivity contribution in [3.8, 4) is 17.3 Å². The highest BCUT2D eigenvalue weighted by Crippen LogP contribution is 2.31. The van der Waals surface area contributed by atoms with Gasteiger partial charge in [-0.1, -0.05) is 38.8 Å². The third-order valence-electron chi connectivity index (χ3n) is 3.00. The molecule has 0 saturated heterocycles. The number of pyridine rings is 1. The van der Waals surface area contributed by atoms with Crippen molar-refractivity contribution in [2.75, 3.05) is 0 Å². The molecule has 1 aromatic carbocycles. The Bertz CT molecular complexity index is 893. The van der Waals surface area contributed by atoms with Gasteiger partial charge in [0.25, 0.3) is 5.89 Å². The number of halogens is 2. The first-order valence-electron chi connectivity index (χ1n) is 6.68. The van der Waals surface area contributed by atoms with Gasteiger partial charge in [0.15, 0.2) is 6.10 Å². The molecule has 0 bridgehead atoms. The number of aromatic amines is 1. The summed E-state index contributed by atoms with van der Waals surface area (Å²) in [5, 5.41) is 4.35. The zero-order chi connectivity index (χ0) is 16.4. The quantitative estimate of drug-likeness (QED) is 0.721. The monoisotopic (exact) mass is 395 g/mol. The maximum Gasteiger partial charge on any atom is 0.274 e. The predicted molar refractivity (Wildman–Crippen MR) is 88.5 cm³/mol. The van der Waals surface area contributed by atoms with Crippen molar-refractivity contribution in [3.63, 3.8) is 0 Å². The first kappa shape index (κ1) is 15.8. The van der Waals surface area contributed by atoms with Crippen molar-refractivity contribution in [2.45, 2.75) is 13.0 Å². The van der Waals surface area contributed by atoms with Gasteiger partial charge in [-0.2, -0.15) is 4.98 Å². The van der Waals surface area contributed by atoms with E-state index in [1.54, 1.807) is 31.2 Å². The van der Waals surface area contributed by atoms with Crippen LogP contribution in [-0.4, -0.2) is 15.1 Å². The van der Waals surface area contributed by atoms with Crippen LogP contribution in [0.15, 0.2) is 50.2 Å². The molecule has 3 aromatic rings. The second kappa shape index (κ2) is 6.55. The van der Waals surface area contributed by atoms with E-state index in [1.807, 2.05) is 6.07 Å². The maximum absolute atomic E-state index is 11.3. The van der Waals surface area contributed by atoms with Gasteiger partial charge in [0, 0.05) is 10.5 Å². The molecule has 118 valence electrons. The highest BCUT2D eigenvalue weighted by molar-refractivity contribution is 9.10. The lowest BCUT2D eigenvalue weighted by molar-refractivity contribution is 0.211. The zero-order valence-electron chi connectivity index (χ0n) is 11.9. The Morgan fingerprint density at radius 2 is 2.17 bits per heavy atom. The molecule has 0 radical (unpaired) electrons. The molecule has 1 N–H and O–H groups in total. The summed E-state index contributed by atoms with van der Waals surface area (Å²) in [5.41, 5.74) is 0.207. The Kier molecular flexibility index (Phi) is 4.49. The summed E-state index contributed by atoms with van der Waals surface area (Å²) < 4.78 is 11.8. The molecular formula is C15H11BrClN3O3. The molecule has 0 aliphatic carbocycles. The summed E-state index contributed by atoms with van der Waals surface area (Å²) in [4.78, 5) is 18.2. The van der Waals surface area contributed by atoms with Crippen LogP contribution in [0.5, 0.6) is 5.75 Å². The van der Waals surface area contributed by atoms with E-state index in [1.165, 1.54) is 6.07 Å². The summed E-state index contributed by atoms with van der Waals surface area (Å²) in [6.45, 7) is 1.78. The fourth-order valence-corrected chi connectivity index (χ4v) is 2.61. The van der Waals surface area contributed by atoms with Crippen molar-refractivity contribution >= 4 is 27.5 Å². The van der Waals surface area contributed by atoms with Gasteiger partial charge >= 0.3 is 0 Å². The van der Waals surface area contributed by atoms with Crippen LogP contribution in [0.3, 0.4) is 0 Å². The second-order valence-corrected chi connectivity index (χ2v) is 6.04. The lowest BCUT2D eigenvalue weighted by atomic mass is 10.3. The normalized spacial score (nSPS) is 12.1. The van der Waals surface area contributed by atoms with E-state index in [2.05, 4.69) is 31.1 Å². The van der Waals surface area contributed by atoms with Crippen LogP contribution in [-0.2, 0) is 0 Å². The molecule has 0 aliphatic rings. The molecule has 0 saturated carbocycles. The van der Waals surface area contributed by atoms with Gasteiger partial charge in [-0.15, -0.1) is 0 Å². The Hall–Kier alpha value is -2.12. The fraction of sp³-hybridized carbons (Fsp3) is 0.133. The molecule has 1 unspecified atom stereocenters. The number of hydrogen-bond donors (Lipinski definition) is 1. The van der Waals surface area contributed by atoms with Gasteiger partial charge in [-0.05, 0) is 31.2 Å². The molecule has 0 amide bonds. The highest BCUT2D eigenvalue weighted by atomic mass is 79.9. The molecule has 3 rings (SSSR count). The number of ether oxygens (including phenoxy) is 1. The third kappa shape index (κ3) is 3.62. The Morgan fingerprint density at radius 3 is 2.91 bits per heavy atom. The molecular weight excluding hydrogens is 386 g/mol. The summed E-state index contributed by atoms with van der Waals surface area (Å²) in [6, 6.07) is 10.0. The van der Waals surface area contributed by atoms with Crippen molar-refractivity contribution in [1.82, 2.24) is 15.1 Å². The predicted octanol–water partition coefficient (Wildman–Crippen LogP) is 3.98. The number of benzene rings is 1. The van der Waals surface area contributed by atoms with Crippen LogP contribution in [0.2, 0.25) is 5.02 Å². The minimum Gasteiger partial charge on any atom is -0.481 e. The average Bonchev–Trinajstić information content (AvgIpc) is 3.00. The van der Waals surface area contributed by atoms with E-state index in [4.69, 9.17) is 20.9 Å². The third-order valence-corrected chi connectivity index (χ3v) is 3.79. The number of rotatable bonds is 4. The zero-order valence-corrected chi connectivity index (χ0v) is 14.3. The molecule has 0 fully saturated rings. The summed E-state index contributed by atoms with van der Waals surface area (Å²) in [7, 11) is 0. The number of nitrogens with zero attached hydrogens (tertiary/aromatic N) is 2. The van der Waals surface area contributed by atoms with E-state index in [0.717, 1.165) is 4.47 Å². The fourth-order valence-electron chi connectivity index (χ4n) is 1.90. The summed E-state index contributed by atoms with van der Waals surface area (Å²) in [6.07, 6.45) is -0.471. The molecule has 8 heteroatoms. The molecule has 1 atom stereocenters. The van der Waals surface area contributed by atoms with E-state index < -0.39 is 6.10 Å². The minimum atomic E-state index is -0.471. The molecule has 2 heterocycles. The summed E-state index contributed by atoms with van der Waals surface area (Å²) >= 11 is 9.45. The van der Waals surface area contributed by atoms with E-state index in [9.17, 15) is 4.79 Å². The van der Waals surface area contributed by atoms with E-state index >= 15 is 0 Å². The highest BCUT2D eigenvalue weighted by Gasteiger charge is 2.18. The molecule has 0 spiro atoms. The van der Waals surface area contributed by atoms with Crippen LogP contribution < -0.4 is 10.3 Å². The van der Waals surface area contributed by atoms with Crippen molar-refractivity contribution in [3.05, 3.63) is 62.1 Å². The number of nitrogens with one attached hydrogen (secondary N) is 1. The Morgan fingerprint density at radius 1 is 1.35 bits per heavy atom. The number of H-pyrrole nitrogens is 1. The van der Waals surface area contributed by atoms with Gasteiger partial charge in [0.05, 0.1) is 5.02 Å². The molecule has 0 aliphatic heterocycles. The first-order valence-corrected chi connectivity index (χ1v) is 7.85. The van der Waals surface area contributed by atoms with Crippen molar-refractivity contribution in [1.29, 1.82) is 0 Å². The van der Waals surface area contributed by atoms with Gasteiger partial charge in [0.2, 0.25) is 11.4 Å². The topological polar surface area (TPSA) is 81.0 Å². The second-order valence-electron chi connectivity index (χ2n) is 4.72. The van der Waals surface area contributed by atoms with Gasteiger partial charge in [-0.3, -0.25) is 4.79 Å². The van der Waals surface area contributed by atoms with Crippen LogP contribution in [0.1, 0.15) is 18.9 Å². The van der Waals surface area contributed by atoms with Gasteiger partial charge in [0.1, 0.15) is 11.4 Å². The molecule has 23 heavy (non-hydrogen) atoms. The van der Waals surface area contributed by atoms with Crippen LogP contribution >= 0.6 is 27.5 Å². The van der Waals surface area contributed by atoms with Crippen molar-refractivity contribution in [2.24, 2.45) is 0 Å². The largest absolute Gasteiger partial charge is 0.481 e. The Labute approximate surface area is 144 Å². The standard InChI is InChI=1S/C15H11BrClN3O3/c1-8(22-12-6-5-9(16)7-10(12)17)14-19-15(23-20-14)11-3-2-4-13(21)18-11/h2-8H,1H3,(H,18,21). The van der Waals surface area contributed by atoms with E-state index in [-0.39, 0.29) is 11.4 Å². The lowest BCUT2D eigenvalue weighted by Crippen LogP contribution is -2.06. The van der Waals surface area contributed by atoms with Crippen LogP contribution in [0.4, 0.5) is 0 Å². The lowest BCUT2D eigenvalue weighted by Gasteiger charge is -2.12. The average molecular weight is 397 g/mol. The van der Waals surface area contributed by atoms with Crippen molar-refractivity contribution < 1.29 is 9.26 Å². The smallest absolute Gasteiger partial charge is 0.274 e. The number of hydrogen-bond acceptors (Lipinski definition) is 5. The Balaban J connectivity index is 1.81. The minimum absolute atomic E-state index is 0.218. The van der Waals surface area contributed by atoms with Gasteiger partial charge in [-0.25, -0.2) is 0 Å². The van der Waals surface area contributed by atoms with Crippen LogP contribution in [0.25, 0.3) is 11.6 Å². The number of aromatic nitrogens is 3. The molecule has 2 aromatic heterocycles. The SMILES string of the molecule is CC(Oc1ccc(Br)cc1Cl)c1noc(-c2cccc(=O)[nH]2)n1. The maximum atomic E-state index is 11.3. The first-order chi connectivity index (χ1) is 11.0. The summed E-state index contributed by atoms with van der Waals surface area (Å²) in [5.74, 6) is 1.08. The van der Waals surface area contributed by atoms with Crippen LogP contribution in [0, 0.1) is 0 Å². The van der Waals surface area contributed by atoms with Gasteiger partial charge < -0.3 is 14.2 Å².